The molecular weight excluding hydrogens is 451 g/mol. The number of alkyl halides is 4. The predicted molar refractivity (Wildman–Crippen MR) is 112 cm³/mol. The molecule has 0 spiro atoms. The Kier molecular flexibility index (Phi) is 12.8. The highest BCUT2D eigenvalue weighted by molar-refractivity contribution is 5.85. The predicted octanol–water partition coefficient (Wildman–Crippen LogP) is 2.52. The fourth-order valence-corrected chi connectivity index (χ4v) is 2.75. The van der Waals surface area contributed by atoms with Crippen molar-refractivity contribution in [2.24, 2.45) is 23.3 Å². The lowest BCUT2D eigenvalue weighted by Gasteiger charge is -2.40. The molecule has 2 fully saturated rings. The summed E-state index contributed by atoms with van der Waals surface area (Å²) in [5.41, 5.74) is 11.3. The smallest absolute Gasteiger partial charge is 0.282 e. The molecule has 2 aliphatic rings. The van der Waals surface area contributed by atoms with Gasteiger partial charge in [0.15, 0.2) is 0 Å². The third-order valence-corrected chi connectivity index (χ3v) is 5.40. The zero-order valence-electron chi connectivity index (χ0n) is 17.7. The van der Waals surface area contributed by atoms with Crippen LogP contribution in [0.3, 0.4) is 0 Å². The number of halogens is 6. The lowest BCUT2D eigenvalue weighted by Crippen LogP contribution is -2.62. The van der Waals surface area contributed by atoms with Gasteiger partial charge in [-0.15, -0.1) is 24.8 Å². The summed E-state index contributed by atoms with van der Waals surface area (Å²) in [5.74, 6) is -6.04. The number of hydrogen-bond donors (Lipinski definition) is 2. The molecular formula is C18H34Cl2F4N4O2. The molecule has 0 aromatic carbocycles. The van der Waals surface area contributed by atoms with Crippen molar-refractivity contribution < 1.29 is 27.2 Å². The molecule has 0 aromatic rings. The maximum atomic E-state index is 12.5. The van der Waals surface area contributed by atoms with Gasteiger partial charge >= 0.3 is 0 Å². The highest BCUT2D eigenvalue weighted by Crippen LogP contribution is 2.28. The van der Waals surface area contributed by atoms with E-state index in [-0.39, 0.29) is 48.5 Å². The van der Waals surface area contributed by atoms with Crippen LogP contribution in [0.4, 0.5) is 17.6 Å². The number of amides is 2. The van der Waals surface area contributed by atoms with E-state index in [0.717, 1.165) is 22.6 Å². The SMILES string of the molecule is CCC(C)[C@H](N)C(=O)N1CC(F)(F)C1.CCC(C)[C@H](N)C(=O)N1CC(F)(F)C1.Cl.Cl. The quantitative estimate of drug-likeness (QED) is 0.566. The van der Waals surface area contributed by atoms with E-state index in [9.17, 15) is 27.2 Å². The summed E-state index contributed by atoms with van der Waals surface area (Å²) in [6, 6.07) is -1.29. The number of likely N-dealkylation sites (tertiary alicyclic amines) is 2. The maximum absolute atomic E-state index is 12.5. The van der Waals surface area contributed by atoms with Crippen LogP contribution in [-0.2, 0) is 9.59 Å². The molecule has 2 rings (SSSR count). The molecule has 2 amide bonds. The first-order valence-corrected chi connectivity index (χ1v) is 9.59. The molecule has 4 N–H and O–H groups in total. The molecule has 2 aliphatic heterocycles. The van der Waals surface area contributed by atoms with Crippen molar-refractivity contribution in [3.8, 4) is 0 Å². The van der Waals surface area contributed by atoms with Crippen LogP contribution in [0.25, 0.3) is 0 Å². The molecule has 0 aromatic heterocycles. The molecule has 0 bridgehead atoms. The normalized spacial score (nSPS) is 22.3. The number of hydrogen-bond acceptors (Lipinski definition) is 4. The number of carbonyl (C=O) groups is 2. The third kappa shape index (κ3) is 8.36. The van der Waals surface area contributed by atoms with Gasteiger partial charge in [0.05, 0.1) is 38.3 Å². The molecule has 2 saturated heterocycles. The molecule has 6 nitrogen and oxygen atoms in total. The lowest BCUT2D eigenvalue weighted by atomic mass is 9.97. The minimum Gasteiger partial charge on any atom is -0.329 e. The van der Waals surface area contributed by atoms with Crippen LogP contribution in [0.1, 0.15) is 40.5 Å². The Bertz CT molecular complexity index is 508. The van der Waals surface area contributed by atoms with E-state index in [0.29, 0.717) is 0 Å². The van der Waals surface area contributed by atoms with Gasteiger partial charge in [-0.2, -0.15) is 0 Å². The largest absolute Gasteiger partial charge is 0.329 e. The first-order chi connectivity index (χ1) is 12.7. The van der Waals surface area contributed by atoms with Crippen LogP contribution >= 0.6 is 24.8 Å². The van der Waals surface area contributed by atoms with Gasteiger partial charge in [0.1, 0.15) is 0 Å². The second-order valence-corrected chi connectivity index (χ2v) is 7.92. The van der Waals surface area contributed by atoms with E-state index < -0.39 is 50.1 Å². The van der Waals surface area contributed by atoms with Gasteiger partial charge in [-0.05, 0) is 11.8 Å². The van der Waals surface area contributed by atoms with Crippen LogP contribution in [0, 0.1) is 11.8 Å². The van der Waals surface area contributed by atoms with Gasteiger partial charge in [0.25, 0.3) is 11.8 Å². The maximum Gasteiger partial charge on any atom is 0.282 e. The molecule has 0 aliphatic carbocycles. The van der Waals surface area contributed by atoms with Crippen LogP contribution in [-0.4, -0.2) is 71.7 Å². The fourth-order valence-electron chi connectivity index (χ4n) is 2.75. The minimum atomic E-state index is -2.70. The Morgan fingerprint density at radius 2 is 1.00 bits per heavy atom. The van der Waals surface area contributed by atoms with E-state index in [4.69, 9.17) is 11.5 Å². The molecule has 2 heterocycles. The topological polar surface area (TPSA) is 92.7 Å². The molecule has 12 heteroatoms. The van der Waals surface area contributed by atoms with Crippen molar-refractivity contribution in [1.29, 1.82) is 0 Å². The van der Waals surface area contributed by atoms with E-state index >= 15 is 0 Å². The zero-order valence-corrected chi connectivity index (χ0v) is 19.4. The standard InChI is InChI=1S/2C9H16F2N2O.2ClH/c2*1-3-6(2)7(12)8(14)13-4-9(10,11)5-13;;/h2*6-7H,3-5,12H2,1-2H3;2*1H/t2*6?,7-;;/m00../s1. The van der Waals surface area contributed by atoms with E-state index in [2.05, 4.69) is 0 Å². The minimum absolute atomic E-state index is 0. The van der Waals surface area contributed by atoms with Gasteiger partial charge in [-0.25, -0.2) is 17.6 Å². The van der Waals surface area contributed by atoms with E-state index in [1.807, 2.05) is 27.7 Å². The van der Waals surface area contributed by atoms with Gasteiger partial charge < -0.3 is 21.3 Å². The lowest BCUT2D eigenvalue weighted by molar-refractivity contribution is -0.168. The summed E-state index contributed by atoms with van der Waals surface area (Å²) in [4.78, 5) is 25.2. The number of carbonyl (C=O) groups excluding carboxylic acids is 2. The molecule has 0 saturated carbocycles. The summed E-state index contributed by atoms with van der Waals surface area (Å²) in [6.45, 7) is 5.63. The number of nitrogens with zero attached hydrogens (tertiary/aromatic N) is 2. The number of rotatable bonds is 6. The fraction of sp³-hybridized carbons (Fsp3) is 0.889. The van der Waals surface area contributed by atoms with Gasteiger partial charge in [0.2, 0.25) is 11.8 Å². The average Bonchev–Trinajstić information content (AvgIpc) is 2.60. The Hall–Kier alpha value is -0.840. The Morgan fingerprint density at radius 1 is 0.767 bits per heavy atom. The monoisotopic (exact) mass is 484 g/mol. The Morgan fingerprint density at radius 3 is 1.17 bits per heavy atom. The summed E-state index contributed by atoms with van der Waals surface area (Å²) in [5, 5.41) is 0. The summed E-state index contributed by atoms with van der Waals surface area (Å²) >= 11 is 0. The van der Waals surface area contributed by atoms with Crippen molar-refractivity contribution in [1.82, 2.24) is 9.80 Å². The van der Waals surface area contributed by atoms with E-state index in [1.165, 1.54) is 0 Å². The average molecular weight is 485 g/mol. The van der Waals surface area contributed by atoms with Crippen molar-refractivity contribution in [3.05, 3.63) is 0 Å². The third-order valence-electron chi connectivity index (χ3n) is 5.40. The summed E-state index contributed by atoms with van der Waals surface area (Å²) in [7, 11) is 0. The molecule has 2 unspecified atom stereocenters. The van der Waals surface area contributed by atoms with Gasteiger partial charge in [0, 0.05) is 0 Å². The van der Waals surface area contributed by atoms with Crippen LogP contribution in [0.5, 0.6) is 0 Å². The molecule has 4 atom stereocenters. The molecule has 0 radical (unpaired) electrons. The van der Waals surface area contributed by atoms with Crippen molar-refractivity contribution in [2.75, 3.05) is 26.2 Å². The Labute approximate surface area is 187 Å². The second-order valence-electron chi connectivity index (χ2n) is 7.92. The van der Waals surface area contributed by atoms with Crippen molar-refractivity contribution in [3.63, 3.8) is 0 Å². The first kappa shape index (κ1) is 31.3. The van der Waals surface area contributed by atoms with Gasteiger partial charge in [-0.1, -0.05) is 40.5 Å². The zero-order chi connectivity index (χ0) is 21.9. The highest BCUT2D eigenvalue weighted by Gasteiger charge is 2.48. The molecule has 180 valence electrons. The number of nitrogens with two attached hydrogens (primary N) is 2. The van der Waals surface area contributed by atoms with Gasteiger partial charge in [-0.3, -0.25) is 9.59 Å². The van der Waals surface area contributed by atoms with Crippen molar-refractivity contribution in [2.45, 2.75) is 64.5 Å². The second kappa shape index (κ2) is 12.3. The first-order valence-electron chi connectivity index (χ1n) is 9.59. The summed E-state index contributed by atoms with van der Waals surface area (Å²) in [6.07, 6.45) is 1.55. The van der Waals surface area contributed by atoms with Crippen LogP contribution in [0.15, 0.2) is 0 Å². The molecule has 30 heavy (non-hydrogen) atoms. The highest BCUT2D eigenvalue weighted by atomic mass is 35.5. The van der Waals surface area contributed by atoms with Crippen LogP contribution < -0.4 is 11.5 Å². The Balaban J connectivity index is 0. The van der Waals surface area contributed by atoms with Crippen LogP contribution in [0.2, 0.25) is 0 Å². The van der Waals surface area contributed by atoms with E-state index in [1.54, 1.807) is 0 Å². The summed E-state index contributed by atoms with van der Waals surface area (Å²) < 4.78 is 49.8. The van der Waals surface area contributed by atoms with Crippen molar-refractivity contribution >= 4 is 36.6 Å².